The second kappa shape index (κ2) is 6.03. The molecule has 3 N–H and O–H groups in total. The second-order valence-electron chi connectivity index (χ2n) is 3.90. The summed E-state index contributed by atoms with van der Waals surface area (Å²) in [5.41, 5.74) is 6.59. The molecule has 0 aliphatic rings. The zero-order valence-corrected chi connectivity index (χ0v) is 13.0. The van der Waals surface area contributed by atoms with Gasteiger partial charge in [0.15, 0.2) is 5.82 Å². The second-order valence-corrected chi connectivity index (χ2v) is 5.60. The Morgan fingerprint density at radius 3 is 2.60 bits per heavy atom. The maximum Gasteiger partial charge on any atom is 0.151 e. The molecule has 2 aromatic carbocycles. The highest BCUT2D eigenvalue weighted by molar-refractivity contribution is 9.10. The molecule has 0 saturated heterocycles. The lowest BCUT2D eigenvalue weighted by Crippen LogP contribution is -2.13. The van der Waals surface area contributed by atoms with Gasteiger partial charge in [-0.3, -0.25) is 0 Å². The van der Waals surface area contributed by atoms with E-state index in [1.54, 1.807) is 18.2 Å². The number of anilines is 2. The van der Waals surface area contributed by atoms with Gasteiger partial charge in [0.2, 0.25) is 0 Å². The number of benzene rings is 2. The number of nitrogens with two attached hydrogens (primary N) is 1. The zero-order valence-electron chi connectivity index (χ0n) is 9.88. The Balaban J connectivity index is 2.51. The third-order valence-corrected chi connectivity index (χ3v) is 3.69. The summed E-state index contributed by atoms with van der Waals surface area (Å²) in [6, 6.07) is 6.90. The van der Waals surface area contributed by atoms with Gasteiger partial charge in [-0.25, -0.2) is 8.78 Å². The molecule has 0 atom stereocenters. The van der Waals surface area contributed by atoms with Gasteiger partial charge in [-0.15, -0.1) is 0 Å². The molecular weight excluding hydrogens is 370 g/mol. The van der Waals surface area contributed by atoms with E-state index in [9.17, 15) is 8.78 Å². The van der Waals surface area contributed by atoms with Crippen LogP contribution in [0.2, 0.25) is 5.02 Å². The average molecular weight is 378 g/mol. The number of halogens is 4. The monoisotopic (exact) mass is 376 g/mol. The molecule has 0 aliphatic heterocycles. The lowest BCUT2D eigenvalue weighted by Gasteiger charge is -2.14. The van der Waals surface area contributed by atoms with Gasteiger partial charge in [-0.2, -0.15) is 0 Å². The molecular formula is C13H8BrClF2N2S. The van der Waals surface area contributed by atoms with Gasteiger partial charge in [0, 0.05) is 21.8 Å². The molecule has 0 fully saturated rings. The normalized spacial score (nSPS) is 10.4. The molecule has 2 aromatic rings. The number of nitrogens with one attached hydrogen (secondary N) is 1. The summed E-state index contributed by atoms with van der Waals surface area (Å²) in [5, 5.41) is 2.71. The summed E-state index contributed by atoms with van der Waals surface area (Å²) >= 11 is 14.1. The SMILES string of the molecule is NC(=S)c1c(Br)cccc1Nc1c(F)cc(F)cc1Cl. The third kappa shape index (κ3) is 3.08. The Labute approximate surface area is 133 Å². The van der Waals surface area contributed by atoms with E-state index in [0.29, 0.717) is 15.7 Å². The molecule has 20 heavy (non-hydrogen) atoms. The van der Waals surface area contributed by atoms with Gasteiger partial charge >= 0.3 is 0 Å². The van der Waals surface area contributed by atoms with Crippen LogP contribution in [0.4, 0.5) is 20.2 Å². The molecule has 0 aliphatic carbocycles. The Morgan fingerprint density at radius 1 is 1.30 bits per heavy atom. The largest absolute Gasteiger partial charge is 0.389 e. The molecule has 2 nitrogen and oxygen atoms in total. The number of thiocarbonyl (C=S) groups is 1. The minimum atomic E-state index is -0.802. The summed E-state index contributed by atoms with van der Waals surface area (Å²) < 4.78 is 27.4. The highest BCUT2D eigenvalue weighted by Crippen LogP contribution is 2.32. The van der Waals surface area contributed by atoms with Crippen LogP contribution in [-0.2, 0) is 0 Å². The van der Waals surface area contributed by atoms with Gasteiger partial charge < -0.3 is 11.1 Å². The highest BCUT2D eigenvalue weighted by atomic mass is 79.9. The van der Waals surface area contributed by atoms with Gasteiger partial charge in [0.1, 0.15) is 10.8 Å². The zero-order chi connectivity index (χ0) is 14.9. The Hall–Kier alpha value is -1.24. The molecule has 0 aromatic heterocycles. The lowest BCUT2D eigenvalue weighted by atomic mass is 10.1. The minimum absolute atomic E-state index is 0.0383. The molecule has 0 bridgehead atoms. The fraction of sp³-hybridized carbons (Fsp3) is 0. The molecule has 2 rings (SSSR count). The topological polar surface area (TPSA) is 38.0 Å². The van der Waals surface area contributed by atoms with E-state index >= 15 is 0 Å². The van der Waals surface area contributed by atoms with Crippen LogP contribution in [0.15, 0.2) is 34.8 Å². The van der Waals surface area contributed by atoms with Gasteiger partial charge in [0.25, 0.3) is 0 Å². The van der Waals surface area contributed by atoms with Crippen LogP contribution >= 0.6 is 39.7 Å². The van der Waals surface area contributed by atoms with Crippen LogP contribution in [0.3, 0.4) is 0 Å². The highest BCUT2D eigenvalue weighted by Gasteiger charge is 2.14. The van der Waals surface area contributed by atoms with E-state index in [1.165, 1.54) is 0 Å². The van der Waals surface area contributed by atoms with Crippen molar-refractivity contribution in [2.24, 2.45) is 5.73 Å². The van der Waals surface area contributed by atoms with Crippen molar-refractivity contribution >= 4 is 56.1 Å². The van der Waals surface area contributed by atoms with Crippen molar-refractivity contribution in [3.8, 4) is 0 Å². The quantitative estimate of drug-likeness (QED) is 0.758. The van der Waals surface area contributed by atoms with Crippen molar-refractivity contribution in [3.63, 3.8) is 0 Å². The smallest absolute Gasteiger partial charge is 0.151 e. The Kier molecular flexibility index (Phi) is 4.57. The van der Waals surface area contributed by atoms with Crippen molar-refractivity contribution in [1.82, 2.24) is 0 Å². The standard InChI is InChI=1S/C13H8BrClF2N2S/c14-7-2-1-3-10(11(7)13(18)20)19-12-8(15)4-6(16)5-9(12)17/h1-5,19H,(H2,18,20). The Bertz CT molecular complexity index is 671. The summed E-state index contributed by atoms with van der Waals surface area (Å²) in [7, 11) is 0. The lowest BCUT2D eigenvalue weighted by molar-refractivity contribution is 0.586. The van der Waals surface area contributed by atoms with Crippen molar-refractivity contribution in [3.05, 3.63) is 57.0 Å². The molecule has 0 spiro atoms. The van der Waals surface area contributed by atoms with Crippen LogP contribution < -0.4 is 11.1 Å². The number of hydrogen-bond donors (Lipinski definition) is 2. The summed E-state index contributed by atoms with van der Waals surface area (Å²) in [6.45, 7) is 0. The molecule has 0 unspecified atom stereocenters. The third-order valence-electron chi connectivity index (χ3n) is 2.53. The summed E-state index contributed by atoms with van der Waals surface area (Å²) in [6.07, 6.45) is 0. The fourth-order valence-corrected chi connectivity index (χ4v) is 2.85. The predicted octanol–water partition coefficient (Wildman–Crippen LogP) is 4.76. The fourth-order valence-electron chi connectivity index (χ4n) is 1.68. The Morgan fingerprint density at radius 2 is 2.00 bits per heavy atom. The van der Waals surface area contributed by atoms with Crippen LogP contribution in [0.25, 0.3) is 0 Å². The molecule has 0 heterocycles. The first-order valence-corrected chi connectivity index (χ1v) is 6.98. The predicted molar refractivity (Wildman–Crippen MR) is 84.7 cm³/mol. The van der Waals surface area contributed by atoms with Crippen LogP contribution in [0.5, 0.6) is 0 Å². The molecule has 0 amide bonds. The number of hydrogen-bond acceptors (Lipinski definition) is 2. The maximum absolute atomic E-state index is 13.8. The van der Waals surface area contributed by atoms with Crippen molar-refractivity contribution in [2.75, 3.05) is 5.32 Å². The van der Waals surface area contributed by atoms with Crippen molar-refractivity contribution < 1.29 is 8.78 Å². The van der Waals surface area contributed by atoms with Crippen LogP contribution in [0.1, 0.15) is 5.56 Å². The van der Waals surface area contributed by atoms with E-state index in [-0.39, 0.29) is 15.7 Å². The molecule has 0 radical (unpaired) electrons. The van der Waals surface area contributed by atoms with E-state index in [0.717, 1.165) is 12.1 Å². The summed E-state index contributed by atoms with van der Waals surface area (Å²) in [5.74, 6) is -1.55. The average Bonchev–Trinajstić information content (AvgIpc) is 2.33. The van der Waals surface area contributed by atoms with E-state index < -0.39 is 11.6 Å². The van der Waals surface area contributed by atoms with Crippen molar-refractivity contribution in [1.29, 1.82) is 0 Å². The van der Waals surface area contributed by atoms with Gasteiger partial charge in [0.05, 0.1) is 10.7 Å². The summed E-state index contributed by atoms with van der Waals surface area (Å²) in [4.78, 5) is 0.138. The molecule has 0 saturated carbocycles. The van der Waals surface area contributed by atoms with Crippen LogP contribution in [0, 0.1) is 11.6 Å². The van der Waals surface area contributed by atoms with E-state index in [4.69, 9.17) is 29.6 Å². The number of rotatable bonds is 3. The first-order chi connectivity index (χ1) is 9.40. The first-order valence-electron chi connectivity index (χ1n) is 5.40. The van der Waals surface area contributed by atoms with Gasteiger partial charge in [-0.1, -0.05) is 29.9 Å². The van der Waals surface area contributed by atoms with Crippen LogP contribution in [-0.4, -0.2) is 4.99 Å². The van der Waals surface area contributed by atoms with Crippen molar-refractivity contribution in [2.45, 2.75) is 0 Å². The first kappa shape index (κ1) is 15.2. The van der Waals surface area contributed by atoms with E-state index in [1.807, 2.05) is 0 Å². The van der Waals surface area contributed by atoms with E-state index in [2.05, 4.69) is 21.2 Å². The maximum atomic E-state index is 13.8. The molecule has 104 valence electrons. The minimum Gasteiger partial charge on any atom is -0.389 e. The van der Waals surface area contributed by atoms with Gasteiger partial charge in [-0.05, 0) is 34.1 Å². The molecule has 7 heteroatoms.